The van der Waals surface area contributed by atoms with Gasteiger partial charge in [-0.05, 0) is 43.3 Å². The molecule has 2 aromatic carbocycles. The van der Waals surface area contributed by atoms with Gasteiger partial charge >= 0.3 is 5.69 Å². The third kappa shape index (κ3) is 4.52. The van der Waals surface area contributed by atoms with E-state index in [1.165, 1.54) is 30.2 Å². The maximum Gasteiger partial charge on any atom is 0.311 e. The minimum atomic E-state index is -0.595. The van der Waals surface area contributed by atoms with Crippen LogP contribution in [0.15, 0.2) is 47.0 Å². The molecule has 1 heterocycles. The largest absolute Gasteiger partial charge is 0.490 e. The number of hydrogen-bond donors (Lipinski definition) is 0. The van der Waals surface area contributed by atoms with E-state index in [4.69, 9.17) is 20.9 Å². The van der Waals surface area contributed by atoms with Crippen LogP contribution >= 0.6 is 11.6 Å². The lowest BCUT2D eigenvalue weighted by molar-refractivity contribution is -0.385. The summed E-state index contributed by atoms with van der Waals surface area (Å²) in [6.45, 7) is 2.19. The van der Waals surface area contributed by atoms with Crippen LogP contribution < -0.4 is 4.74 Å². The van der Waals surface area contributed by atoms with Crippen molar-refractivity contribution in [3.8, 4) is 17.1 Å². The van der Waals surface area contributed by atoms with Gasteiger partial charge in [-0.3, -0.25) is 14.9 Å². The summed E-state index contributed by atoms with van der Waals surface area (Å²) in [6.07, 6.45) is 0. The van der Waals surface area contributed by atoms with E-state index in [9.17, 15) is 14.9 Å². The minimum absolute atomic E-state index is 0.0652. The molecule has 0 radical (unpaired) electrons. The summed E-state index contributed by atoms with van der Waals surface area (Å²) in [5, 5.41) is 15.7. The average Bonchev–Trinajstić information content (AvgIpc) is 3.20. The lowest BCUT2D eigenvalue weighted by Crippen LogP contribution is -2.30. The summed E-state index contributed by atoms with van der Waals surface area (Å²) in [7, 11) is 1.33. The molecule has 150 valence electrons. The average molecular weight is 417 g/mol. The van der Waals surface area contributed by atoms with Crippen LogP contribution in [-0.4, -0.2) is 39.5 Å². The standard InChI is InChI=1S/C19H17ClN4O5/c1-3-23(19(25)13-6-9-16(28-2)15(10-13)24(26)27)11-17-21-18(22-29-17)12-4-7-14(20)8-5-12/h4-10H,3,11H2,1-2H3. The van der Waals surface area contributed by atoms with Crippen molar-refractivity contribution >= 4 is 23.2 Å². The molecule has 0 aliphatic heterocycles. The van der Waals surface area contributed by atoms with Gasteiger partial charge in [-0.1, -0.05) is 16.8 Å². The van der Waals surface area contributed by atoms with Crippen LogP contribution in [0.3, 0.4) is 0 Å². The lowest BCUT2D eigenvalue weighted by atomic mass is 10.1. The molecule has 0 aliphatic carbocycles. The first-order valence-electron chi connectivity index (χ1n) is 8.63. The van der Waals surface area contributed by atoms with E-state index in [0.717, 1.165) is 5.56 Å². The van der Waals surface area contributed by atoms with Gasteiger partial charge in [0.15, 0.2) is 5.75 Å². The molecule has 0 N–H and O–H groups in total. The molecule has 1 amide bonds. The fourth-order valence-electron chi connectivity index (χ4n) is 2.67. The number of halogens is 1. The number of amides is 1. The van der Waals surface area contributed by atoms with Crippen LogP contribution in [0.2, 0.25) is 5.02 Å². The SMILES string of the molecule is CCN(Cc1nc(-c2ccc(Cl)cc2)no1)C(=O)c1ccc(OC)c([N+](=O)[O-])c1. The van der Waals surface area contributed by atoms with E-state index in [0.29, 0.717) is 17.4 Å². The predicted octanol–water partition coefficient (Wildman–Crippen LogP) is 3.97. The third-order valence-electron chi connectivity index (χ3n) is 4.19. The fourth-order valence-corrected chi connectivity index (χ4v) is 2.80. The van der Waals surface area contributed by atoms with Crippen LogP contribution in [-0.2, 0) is 6.54 Å². The zero-order valence-corrected chi connectivity index (χ0v) is 16.4. The Morgan fingerprint density at radius 1 is 1.28 bits per heavy atom. The number of nitro groups is 1. The smallest absolute Gasteiger partial charge is 0.311 e. The first-order valence-corrected chi connectivity index (χ1v) is 9.01. The summed E-state index contributed by atoms with van der Waals surface area (Å²) in [4.78, 5) is 29.2. The van der Waals surface area contributed by atoms with Gasteiger partial charge in [-0.25, -0.2) is 0 Å². The second-order valence-corrected chi connectivity index (χ2v) is 6.42. The molecule has 29 heavy (non-hydrogen) atoms. The zero-order valence-electron chi connectivity index (χ0n) is 15.7. The second-order valence-electron chi connectivity index (χ2n) is 5.98. The monoisotopic (exact) mass is 416 g/mol. The molecular weight excluding hydrogens is 400 g/mol. The number of hydrogen-bond acceptors (Lipinski definition) is 7. The molecule has 3 aromatic rings. The van der Waals surface area contributed by atoms with Gasteiger partial charge in [0.25, 0.3) is 5.91 Å². The molecule has 0 saturated carbocycles. The Labute approximate surface area is 171 Å². The highest BCUT2D eigenvalue weighted by molar-refractivity contribution is 6.30. The minimum Gasteiger partial charge on any atom is -0.490 e. The number of carbonyl (C=O) groups is 1. The van der Waals surface area contributed by atoms with Crippen LogP contribution in [0, 0.1) is 10.1 Å². The molecule has 0 aliphatic rings. The van der Waals surface area contributed by atoms with Gasteiger partial charge < -0.3 is 14.2 Å². The Bertz CT molecular complexity index is 1040. The van der Waals surface area contributed by atoms with Gasteiger partial charge in [0, 0.05) is 28.8 Å². The maximum absolute atomic E-state index is 12.8. The van der Waals surface area contributed by atoms with Gasteiger partial charge in [0.1, 0.15) is 6.54 Å². The highest BCUT2D eigenvalue weighted by Crippen LogP contribution is 2.28. The fraction of sp³-hybridized carbons (Fsp3) is 0.211. The second kappa shape index (κ2) is 8.70. The molecular formula is C19H17ClN4O5. The number of methoxy groups -OCH3 is 1. The van der Waals surface area contributed by atoms with Gasteiger partial charge in [-0.15, -0.1) is 0 Å². The van der Waals surface area contributed by atoms with E-state index in [1.807, 2.05) is 0 Å². The Kier molecular flexibility index (Phi) is 6.08. The first-order chi connectivity index (χ1) is 13.9. The van der Waals surface area contributed by atoms with Crippen molar-refractivity contribution in [1.29, 1.82) is 0 Å². The van der Waals surface area contributed by atoms with Crippen LogP contribution in [0.25, 0.3) is 11.4 Å². The molecule has 0 fully saturated rings. The lowest BCUT2D eigenvalue weighted by Gasteiger charge is -2.18. The number of aromatic nitrogens is 2. The van der Waals surface area contributed by atoms with E-state index < -0.39 is 10.8 Å². The first kappa shape index (κ1) is 20.3. The van der Waals surface area contributed by atoms with Crippen molar-refractivity contribution in [2.75, 3.05) is 13.7 Å². The normalized spacial score (nSPS) is 10.6. The number of nitrogens with zero attached hydrogens (tertiary/aromatic N) is 4. The molecule has 9 nitrogen and oxygen atoms in total. The molecule has 0 bridgehead atoms. The molecule has 10 heteroatoms. The number of rotatable bonds is 7. The molecule has 0 atom stereocenters. The summed E-state index contributed by atoms with van der Waals surface area (Å²) in [6, 6.07) is 11.0. The van der Waals surface area contributed by atoms with E-state index in [1.54, 1.807) is 31.2 Å². The number of carbonyl (C=O) groups excluding carboxylic acids is 1. The zero-order chi connectivity index (χ0) is 21.0. The summed E-state index contributed by atoms with van der Waals surface area (Å²) in [5.74, 6) is 0.303. The van der Waals surface area contributed by atoms with Crippen molar-refractivity contribution < 1.29 is 19.0 Å². The number of nitro benzene ring substituents is 1. The number of benzene rings is 2. The topological polar surface area (TPSA) is 112 Å². The van der Waals surface area contributed by atoms with E-state index in [2.05, 4.69) is 10.1 Å². The molecule has 3 rings (SSSR count). The Balaban J connectivity index is 1.80. The van der Waals surface area contributed by atoms with E-state index in [-0.39, 0.29) is 29.4 Å². The maximum atomic E-state index is 12.8. The Morgan fingerprint density at radius 2 is 2.00 bits per heavy atom. The summed E-state index contributed by atoms with van der Waals surface area (Å²) < 4.78 is 10.2. The molecule has 0 unspecified atom stereocenters. The summed E-state index contributed by atoms with van der Waals surface area (Å²) in [5.41, 5.74) is 0.610. The molecule has 1 aromatic heterocycles. The Morgan fingerprint density at radius 3 is 2.62 bits per heavy atom. The molecule has 0 spiro atoms. The highest BCUT2D eigenvalue weighted by atomic mass is 35.5. The van der Waals surface area contributed by atoms with Gasteiger partial charge in [-0.2, -0.15) is 4.98 Å². The van der Waals surface area contributed by atoms with Crippen molar-refractivity contribution in [3.63, 3.8) is 0 Å². The Hall–Kier alpha value is -3.46. The quantitative estimate of drug-likeness (QED) is 0.423. The van der Waals surface area contributed by atoms with E-state index >= 15 is 0 Å². The predicted molar refractivity (Wildman–Crippen MR) is 105 cm³/mol. The van der Waals surface area contributed by atoms with Crippen LogP contribution in [0.5, 0.6) is 5.75 Å². The summed E-state index contributed by atoms with van der Waals surface area (Å²) >= 11 is 5.88. The highest BCUT2D eigenvalue weighted by Gasteiger charge is 2.22. The molecule has 0 saturated heterocycles. The van der Waals surface area contributed by atoms with Crippen molar-refractivity contribution in [1.82, 2.24) is 15.0 Å². The van der Waals surface area contributed by atoms with Gasteiger partial charge in [0.05, 0.1) is 12.0 Å². The third-order valence-corrected chi connectivity index (χ3v) is 4.44. The van der Waals surface area contributed by atoms with Crippen LogP contribution in [0.4, 0.5) is 5.69 Å². The van der Waals surface area contributed by atoms with Crippen molar-refractivity contribution in [3.05, 3.63) is 69.1 Å². The van der Waals surface area contributed by atoms with Gasteiger partial charge in [0.2, 0.25) is 11.7 Å². The number of ether oxygens (including phenoxy) is 1. The van der Waals surface area contributed by atoms with Crippen molar-refractivity contribution in [2.45, 2.75) is 13.5 Å². The van der Waals surface area contributed by atoms with Crippen LogP contribution in [0.1, 0.15) is 23.2 Å². The van der Waals surface area contributed by atoms with Crippen molar-refractivity contribution in [2.24, 2.45) is 0 Å².